The van der Waals surface area contributed by atoms with Crippen molar-refractivity contribution in [2.45, 2.75) is 0 Å². The van der Waals surface area contributed by atoms with Crippen molar-refractivity contribution in [2.24, 2.45) is 5.11 Å². The Bertz CT molecular complexity index is 867. The van der Waals surface area contributed by atoms with E-state index in [4.69, 9.17) is 19.8 Å². The van der Waals surface area contributed by atoms with Gasteiger partial charge in [0.05, 0.1) is 0 Å². The van der Waals surface area contributed by atoms with Gasteiger partial charge >= 0.3 is 17.6 Å². The molecule has 0 saturated carbocycles. The lowest BCUT2D eigenvalue weighted by molar-refractivity contribution is -0.147. The summed E-state index contributed by atoms with van der Waals surface area (Å²) < 4.78 is 14.5. The Hall–Kier alpha value is -3.36. The molecule has 2 aromatic rings. The Labute approximate surface area is 127 Å². The molecule has 1 heterocycles. The standard InChI is InChI=1S/C13H9N3O7/c14-16-15-9-3-7-1-2-8(4-10(7)23-13(9)20)22-12(19)6-21-5-11(17)18/h1-4H,5-6H2,(H,17,18). The summed E-state index contributed by atoms with van der Waals surface area (Å²) in [6.45, 7) is -1.16. The van der Waals surface area contributed by atoms with Gasteiger partial charge in [-0.1, -0.05) is 5.11 Å². The predicted octanol–water partition coefficient (Wildman–Crippen LogP) is 1.74. The van der Waals surface area contributed by atoms with Crippen LogP contribution in [0, 0.1) is 0 Å². The van der Waals surface area contributed by atoms with Gasteiger partial charge in [-0.15, -0.1) is 0 Å². The lowest BCUT2D eigenvalue weighted by Crippen LogP contribution is -2.18. The lowest BCUT2D eigenvalue weighted by atomic mass is 10.2. The summed E-state index contributed by atoms with van der Waals surface area (Å²) >= 11 is 0. The second-order valence-electron chi connectivity index (χ2n) is 4.17. The van der Waals surface area contributed by atoms with Gasteiger partial charge in [0.15, 0.2) is 0 Å². The van der Waals surface area contributed by atoms with Crippen LogP contribution in [0.4, 0.5) is 5.69 Å². The molecule has 0 aliphatic heterocycles. The predicted molar refractivity (Wildman–Crippen MR) is 75.4 cm³/mol. The summed E-state index contributed by atoms with van der Waals surface area (Å²) in [5.74, 6) is -1.93. The Morgan fingerprint density at radius 1 is 1.30 bits per heavy atom. The second-order valence-corrected chi connectivity index (χ2v) is 4.17. The molecule has 0 amide bonds. The fourth-order valence-electron chi connectivity index (χ4n) is 1.64. The van der Waals surface area contributed by atoms with Gasteiger partial charge < -0.3 is 19.0 Å². The number of azide groups is 1. The SMILES string of the molecule is [N-]=[N+]=Nc1cc2ccc(OC(=O)COCC(=O)O)cc2oc1=O. The van der Waals surface area contributed by atoms with Crippen LogP contribution in [-0.2, 0) is 14.3 Å². The first-order valence-electron chi connectivity index (χ1n) is 6.13. The van der Waals surface area contributed by atoms with Crippen LogP contribution in [0.3, 0.4) is 0 Å². The molecule has 0 bridgehead atoms. The van der Waals surface area contributed by atoms with Crippen molar-refractivity contribution in [3.63, 3.8) is 0 Å². The molecule has 0 fully saturated rings. The summed E-state index contributed by atoms with van der Waals surface area (Å²) in [6.07, 6.45) is 0. The van der Waals surface area contributed by atoms with Crippen LogP contribution in [-0.4, -0.2) is 30.3 Å². The van der Waals surface area contributed by atoms with Gasteiger partial charge in [-0.25, -0.2) is 14.4 Å². The maximum absolute atomic E-state index is 11.5. The molecular formula is C13H9N3O7. The Morgan fingerprint density at radius 2 is 2.09 bits per heavy atom. The Morgan fingerprint density at radius 3 is 2.78 bits per heavy atom. The fraction of sp³-hybridized carbons (Fsp3) is 0.154. The van der Waals surface area contributed by atoms with Crippen molar-refractivity contribution in [1.82, 2.24) is 0 Å². The topological polar surface area (TPSA) is 152 Å². The van der Waals surface area contributed by atoms with Gasteiger partial charge in [-0.2, -0.15) is 0 Å². The van der Waals surface area contributed by atoms with E-state index >= 15 is 0 Å². The van der Waals surface area contributed by atoms with E-state index in [1.165, 1.54) is 24.3 Å². The largest absolute Gasteiger partial charge is 0.480 e. The van der Waals surface area contributed by atoms with E-state index in [9.17, 15) is 14.4 Å². The third kappa shape index (κ3) is 4.30. The van der Waals surface area contributed by atoms with Crippen molar-refractivity contribution in [3.05, 3.63) is 45.1 Å². The zero-order valence-corrected chi connectivity index (χ0v) is 11.5. The number of ether oxygens (including phenoxy) is 2. The smallest absolute Gasteiger partial charge is 0.345 e. The van der Waals surface area contributed by atoms with Crippen LogP contribution in [0.1, 0.15) is 0 Å². The number of aliphatic carboxylic acids is 1. The minimum atomic E-state index is -1.21. The summed E-state index contributed by atoms with van der Waals surface area (Å²) in [5.41, 5.74) is 7.45. The zero-order chi connectivity index (χ0) is 16.8. The summed E-state index contributed by atoms with van der Waals surface area (Å²) in [4.78, 5) is 35.7. The highest BCUT2D eigenvalue weighted by molar-refractivity contribution is 5.82. The molecule has 0 radical (unpaired) electrons. The molecule has 10 heteroatoms. The minimum Gasteiger partial charge on any atom is -0.480 e. The van der Waals surface area contributed by atoms with Crippen molar-refractivity contribution in [1.29, 1.82) is 0 Å². The molecular weight excluding hydrogens is 310 g/mol. The lowest BCUT2D eigenvalue weighted by Gasteiger charge is -2.05. The van der Waals surface area contributed by atoms with Crippen molar-refractivity contribution >= 4 is 28.6 Å². The van der Waals surface area contributed by atoms with Crippen LogP contribution in [0.5, 0.6) is 5.75 Å². The van der Waals surface area contributed by atoms with E-state index in [0.717, 1.165) is 0 Å². The van der Waals surface area contributed by atoms with E-state index in [2.05, 4.69) is 14.8 Å². The molecule has 1 aromatic carbocycles. The second kappa shape index (κ2) is 7.07. The number of carbonyl (C=O) groups is 2. The van der Waals surface area contributed by atoms with Gasteiger partial charge in [-0.3, -0.25) is 0 Å². The molecule has 0 spiro atoms. The number of fused-ring (bicyclic) bond motifs is 1. The van der Waals surface area contributed by atoms with E-state index in [-0.39, 0.29) is 17.0 Å². The number of carbonyl (C=O) groups excluding carboxylic acids is 1. The van der Waals surface area contributed by atoms with E-state index < -0.39 is 30.8 Å². The molecule has 23 heavy (non-hydrogen) atoms. The molecule has 1 aromatic heterocycles. The number of hydrogen-bond donors (Lipinski definition) is 1. The molecule has 0 atom stereocenters. The normalized spacial score (nSPS) is 10.1. The monoisotopic (exact) mass is 319 g/mol. The molecule has 0 aliphatic rings. The molecule has 0 saturated heterocycles. The molecule has 0 unspecified atom stereocenters. The van der Waals surface area contributed by atoms with Crippen LogP contribution >= 0.6 is 0 Å². The molecule has 10 nitrogen and oxygen atoms in total. The number of esters is 1. The molecule has 118 valence electrons. The average Bonchev–Trinajstić information content (AvgIpc) is 2.48. The first-order chi connectivity index (χ1) is 11.0. The van der Waals surface area contributed by atoms with E-state index in [1.807, 2.05) is 0 Å². The van der Waals surface area contributed by atoms with Gasteiger partial charge in [0.25, 0.3) is 0 Å². The summed E-state index contributed by atoms with van der Waals surface area (Å²) in [5, 5.41) is 12.0. The van der Waals surface area contributed by atoms with Crippen molar-refractivity contribution in [2.75, 3.05) is 13.2 Å². The molecule has 2 rings (SSSR count). The maximum atomic E-state index is 11.5. The fourth-order valence-corrected chi connectivity index (χ4v) is 1.64. The first-order valence-corrected chi connectivity index (χ1v) is 6.13. The van der Waals surface area contributed by atoms with Crippen LogP contribution in [0.2, 0.25) is 0 Å². The number of nitrogens with zero attached hydrogens (tertiary/aromatic N) is 3. The number of benzene rings is 1. The Balaban J connectivity index is 2.15. The van der Waals surface area contributed by atoms with Crippen molar-refractivity contribution < 1.29 is 28.6 Å². The van der Waals surface area contributed by atoms with E-state index in [0.29, 0.717) is 5.39 Å². The van der Waals surface area contributed by atoms with Gasteiger partial charge in [0.1, 0.15) is 30.2 Å². The quantitative estimate of drug-likeness (QED) is 0.212. The summed E-state index contributed by atoms with van der Waals surface area (Å²) in [7, 11) is 0. The highest BCUT2D eigenvalue weighted by atomic mass is 16.6. The minimum absolute atomic E-state index is 0.0844. The van der Waals surface area contributed by atoms with Crippen LogP contribution < -0.4 is 10.4 Å². The highest BCUT2D eigenvalue weighted by Gasteiger charge is 2.09. The van der Waals surface area contributed by atoms with Crippen LogP contribution in [0.25, 0.3) is 21.4 Å². The van der Waals surface area contributed by atoms with Crippen molar-refractivity contribution in [3.8, 4) is 5.75 Å². The number of carboxylic acids is 1. The number of carboxylic acid groups (broad SMARTS) is 1. The third-order valence-corrected chi connectivity index (χ3v) is 2.52. The highest BCUT2D eigenvalue weighted by Crippen LogP contribution is 2.22. The molecule has 0 aliphatic carbocycles. The molecule has 1 N–H and O–H groups in total. The Kier molecular flexibility index (Phi) is 4.92. The summed E-state index contributed by atoms with van der Waals surface area (Å²) in [6, 6.07) is 5.56. The van der Waals surface area contributed by atoms with E-state index in [1.54, 1.807) is 0 Å². The number of hydrogen-bond acceptors (Lipinski definition) is 7. The zero-order valence-electron chi connectivity index (χ0n) is 11.5. The van der Waals surface area contributed by atoms with Gasteiger partial charge in [-0.05, 0) is 23.7 Å². The van der Waals surface area contributed by atoms with Gasteiger partial charge in [0, 0.05) is 16.4 Å². The number of rotatable bonds is 6. The van der Waals surface area contributed by atoms with Gasteiger partial charge in [0.2, 0.25) is 0 Å². The maximum Gasteiger partial charge on any atom is 0.345 e. The van der Waals surface area contributed by atoms with Crippen LogP contribution in [0.15, 0.2) is 38.6 Å². The third-order valence-electron chi connectivity index (χ3n) is 2.52. The average molecular weight is 319 g/mol. The first kappa shape index (κ1) is 16.0.